The van der Waals surface area contributed by atoms with E-state index in [-0.39, 0.29) is 23.6 Å². The second kappa shape index (κ2) is 8.04. The topological polar surface area (TPSA) is 64.5 Å². The number of carbonyl (C=O) groups excluding carboxylic acids is 1. The van der Waals surface area contributed by atoms with Gasteiger partial charge in [-0.2, -0.15) is 13.2 Å². The Morgan fingerprint density at radius 2 is 2.00 bits per heavy atom. The maximum Gasteiger partial charge on any atom is 0.419 e. The van der Waals surface area contributed by atoms with E-state index >= 15 is 0 Å². The number of rotatable bonds is 4. The first-order chi connectivity index (χ1) is 13.3. The third kappa shape index (κ3) is 4.35. The van der Waals surface area contributed by atoms with Crippen LogP contribution < -0.4 is 9.64 Å². The van der Waals surface area contributed by atoms with Gasteiger partial charge in [0.15, 0.2) is 5.69 Å². The molecule has 0 saturated carbocycles. The fourth-order valence-corrected chi connectivity index (χ4v) is 3.22. The van der Waals surface area contributed by atoms with Crippen LogP contribution in [0.3, 0.4) is 0 Å². The van der Waals surface area contributed by atoms with Crippen LogP contribution in [0.2, 0.25) is 0 Å². The number of aromatic nitrogens is 2. The number of alkyl halides is 3. The lowest BCUT2D eigenvalue weighted by molar-refractivity contribution is -0.139. The van der Waals surface area contributed by atoms with Gasteiger partial charge in [0.05, 0.1) is 12.7 Å². The molecule has 0 amide bonds. The molecule has 2 unspecified atom stereocenters. The van der Waals surface area contributed by atoms with Crippen molar-refractivity contribution in [1.29, 1.82) is 0 Å². The Morgan fingerprint density at radius 3 is 2.68 bits per heavy atom. The highest BCUT2D eigenvalue weighted by molar-refractivity contribution is 5.87. The van der Waals surface area contributed by atoms with Crippen molar-refractivity contribution in [3.05, 3.63) is 47.8 Å². The van der Waals surface area contributed by atoms with Crippen molar-refractivity contribution in [2.75, 3.05) is 18.6 Å². The molecule has 2 atom stereocenters. The summed E-state index contributed by atoms with van der Waals surface area (Å²) in [4.78, 5) is 22.0. The molecule has 0 spiro atoms. The summed E-state index contributed by atoms with van der Waals surface area (Å²) in [6, 6.07) is 6.60. The van der Waals surface area contributed by atoms with Gasteiger partial charge in [-0.1, -0.05) is 12.1 Å². The highest BCUT2D eigenvalue weighted by Gasteiger charge is 2.36. The SMILES string of the molecule is COC(=O)c1ccnc(N2CCC(Oc3ccccc3C(F)(F)F)CC2C)n1. The molecular weight excluding hydrogens is 375 g/mol. The van der Waals surface area contributed by atoms with Crippen LogP contribution >= 0.6 is 0 Å². The van der Waals surface area contributed by atoms with Gasteiger partial charge in [0.2, 0.25) is 5.95 Å². The zero-order chi connectivity index (χ0) is 20.3. The largest absolute Gasteiger partial charge is 0.490 e. The van der Waals surface area contributed by atoms with Crippen molar-refractivity contribution in [3.8, 4) is 5.75 Å². The number of hydrogen-bond acceptors (Lipinski definition) is 6. The lowest BCUT2D eigenvalue weighted by Gasteiger charge is -2.37. The van der Waals surface area contributed by atoms with Crippen LogP contribution in [0.1, 0.15) is 35.8 Å². The van der Waals surface area contributed by atoms with Crippen LogP contribution in [0.15, 0.2) is 36.5 Å². The maximum atomic E-state index is 13.2. The molecule has 9 heteroatoms. The normalized spacial score (nSPS) is 20.0. The van der Waals surface area contributed by atoms with Gasteiger partial charge in [-0.3, -0.25) is 0 Å². The zero-order valence-electron chi connectivity index (χ0n) is 15.4. The third-order valence-corrected chi connectivity index (χ3v) is 4.61. The lowest BCUT2D eigenvalue weighted by Crippen LogP contribution is -2.45. The highest BCUT2D eigenvalue weighted by Crippen LogP contribution is 2.37. The second-order valence-electron chi connectivity index (χ2n) is 6.53. The van der Waals surface area contributed by atoms with Crippen LogP contribution in [0.4, 0.5) is 19.1 Å². The molecule has 0 N–H and O–H groups in total. The minimum absolute atomic E-state index is 0.0790. The number of nitrogens with zero attached hydrogens (tertiary/aromatic N) is 3. The fourth-order valence-electron chi connectivity index (χ4n) is 3.22. The summed E-state index contributed by atoms with van der Waals surface area (Å²) in [5.74, 6) is -0.340. The molecule has 1 aliphatic heterocycles. The predicted molar refractivity (Wildman–Crippen MR) is 95.3 cm³/mol. The monoisotopic (exact) mass is 395 g/mol. The summed E-state index contributed by atoms with van der Waals surface area (Å²) in [5, 5.41) is 0. The summed E-state index contributed by atoms with van der Waals surface area (Å²) in [6.07, 6.45) is -2.35. The molecule has 1 aromatic carbocycles. The molecule has 1 aliphatic rings. The van der Waals surface area contributed by atoms with E-state index in [1.165, 1.54) is 37.6 Å². The van der Waals surface area contributed by atoms with Gasteiger partial charge in [0, 0.05) is 31.6 Å². The summed E-state index contributed by atoms with van der Waals surface area (Å²) < 4.78 is 49.8. The molecule has 2 aromatic rings. The van der Waals surface area contributed by atoms with Crippen LogP contribution in [-0.2, 0) is 10.9 Å². The number of halogens is 3. The Labute approximate surface area is 160 Å². The molecule has 1 saturated heterocycles. The molecule has 1 aromatic heterocycles. The van der Waals surface area contributed by atoms with E-state index in [1.54, 1.807) is 0 Å². The Balaban J connectivity index is 1.71. The van der Waals surface area contributed by atoms with Crippen LogP contribution in [0.5, 0.6) is 5.75 Å². The van der Waals surface area contributed by atoms with Crippen molar-refractivity contribution in [2.45, 2.75) is 38.1 Å². The number of esters is 1. The number of methoxy groups -OCH3 is 1. The first kappa shape index (κ1) is 19.9. The van der Waals surface area contributed by atoms with E-state index in [4.69, 9.17) is 4.74 Å². The Hall–Kier alpha value is -2.84. The van der Waals surface area contributed by atoms with Crippen molar-refractivity contribution in [2.24, 2.45) is 0 Å². The van der Waals surface area contributed by atoms with Gasteiger partial charge >= 0.3 is 12.1 Å². The Kier molecular flexibility index (Phi) is 5.71. The van der Waals surface area contributed by atoms with Crippen LogP contribution in [0.25, 0.3) is 0 Å². The van der Waals surface area contributed by atoms with Gasteiger partial charge in [-0.15, -0.1) is 0 Å². The Morgan fingerprint density at radius 1 is 1.25 bits per heavy atom. The van der Waals surface area contributed by atoms with Gasteiger partial charge in [-0.05, 0) is 25.1 Å². The number of ether oxygens (including phenoxy) is 2. The number of hydrogen-bond donors (Lipinski definition) is 0. The average molecular weight is 395 g/mol. The third-order valence-electron chi connectivity index (χ3n) is 4.61. The highest BCUT2D eigenvalue weighted by atomic mass is 19.4. The first-order valence-corrected chi connectivity index (χ1v) is 8.80. The van der Waals surface area contributed by atoms with E-state index in [1.807, 2.05) is 11.8 Å². The number of para-hydroxylation sites is 1. The molecule has 150 valence electrons. The number of carbonyl (C=O) groups is 1. The van der Waals surface area contributed by atoms with E-state index in [0.29, 0.717) is 25.3 Å². The first-order valence-electron chi connectivity index (χ1n) is 8.80. The fraction of sp³-hybridized carbons (Fsp3) is 0.421. The number of piperidine rings is 1. The molecule has 6 nitrogen and oxygen atoms in total. The molecule has 2 heterocycles. The van der Waals surface area contributed by atoms with Gasteiger partial charge < -0.3 is 14.4 Å². The van der Waals surface area contributed by atoms with Crippen molar-refractivity contribution in [3.63, 3.8) is 0 Å². The molecule has 0 radical (unpaired) electrons. The van der Waals surface area contributed by atoms with Crippen molar-refractivity contribution < 1.29 is 27.4 Å². The quantitative estimate of drug-likeness (QED) is 0.736. The molecule has 0 bridgehead atoms. The predicted octanol–water partition coefficient (Wildman–Crippen LogP) is 3.72. The maximum absolute atomic E-state index is 13.2. The minimum atomic E-state index is -4.47. The molecule has 3 rings (SSSR count). The summed E-state index contributed by atoms with van der Waals surface area (Å²) in [6.45, 7) is 2.41. The standard InChI is InChI=1S/C19H20F3N3O3/c1-12-11-13(28-16-6-4-3-5-14(16)19(20,21)22)8-10-25(12)18-23-9-7-15(24-18)17(26)27-2/h3-7,9,12-13H,8,10-11H2,1-2H3. The summed E-state index contributed by atoms with van der Waals surface area (Å²) in [7, 11) is 1.27. The molecular formula is C19H20F3N3O3. The lowest BCUT2D eigenvalue weighted by atomic mass is 10.0. The van der Waals surface area contributed by atoms with Gasteiger partial charge in [0.25, 0.3) is 0 Å². The van der Waals surface area contributed by atoms with Crippen molar-refractivity contribution in [1.82, 2.24) is 9.97 Å². The summed E-state index contributed by atoms with van der Waals surface area (Å²) >= 11 is 0. The average Bonchev–Trinajstić information content (AvgIpc) is 2.67. The van der Waals surface area contributed by atoms with E-state index in [0.717, 1.165) is 6.07 Å². The van der Waals surface area contributed by atoms with Crippen LogP contribution in [-0.4, -0.2) is 41.7 Å². The van der Waals surface area contributed by atoms with E-state index in [2.05, 4.69) is 14.7 Å². The zero-order valence-corrected chi connectivity index (χ0v) is 15.4. The van der Waals surface area contributed by atoms with E-state index in [9.17, 15) is 18.0 Å². The van der Waals surface area contributed by atoms with Crippen LogP contribution in [0, 0.1) is 0 Å². The number of benzene rings is 1. The Bertz CT molecular complexity index is 844. The number of anilines is 1. The summed E-state index contributed by atoms with van der Waals surface area (Å²) in [5.41, 5.74) is -0.628. The molecule has 0 aliphatic carbocycles. The van der Waals surface area contributed by atoms with E-state index < -0.39 is 17.7 Å². The minimum Gasteiger partial charge on any atom is -0.490 e. The second-order valence-corrected chi connectivity index (χ2v) is 6.53. The van der Waals surface area contributed by atoms with Gasteiger partial charge in [0.1, 0.15) is 11.9 Å². The van der Waals surface area contributed by atoms with Crippen molar-refractivity contribution >= 4 is 11.9 Å². The molecule has 1 fully saturated rings. The van der Waals surface area contributed by atoms with Gasteiger partial charge in [-0.25, -0.2) is 14.8 Å². The smallest absolute Gasteiger partial charge is 0.419 e. The molecule has 28 heavy (non-hydrogen) atoms.